The lowest BCUT2D eigenvalue weighted by Gasteiger charge is -2.32. The van der Waals surface area contributed by atoms with Crippen LogP contribution in [0.4, 0.5) is 0 Å². The van der Waals surface area contributed by atoms with Crippen molar-refractivity contribution in [2.75, 3.05) is 0 Å². The first-order valence-corrected chi connectivity index (χ1v) is 8.69. The Morgan fingerprint density at radius 1 is 0.808 bits per heavy atom. The van der Waals surface area contributed by atoms with E-state index in [0.717, 1.165) is 17.0 Å². The van der Waals surface area contributed by atoms with Crippen molar-refractivity contribution in [2.45, 2.75) is 38.9 Å². The Hall–Kier alpha value is -2.44. The first kappa shape index (κ1) is 17.0. The summed E-state index contributed by atoms with van der Waals surface area (Å²) in [5.74, 6) is 0.661. The molecule has 0 amide bonds. The third-order valence-electron chi connectivity index (χ3n) is 5.08. The SMILES string of the molecule is CC1(C)OB(c2cc(-c3ccccn3)c(-c3ccccn3)o2)OC1(C)C. The monoisotopic (exact) mass is 348 g/mol. The van der Waals surface area contributed by atoms with Gasteiger partial charge < -0.3 is 13.7 Å². The molecule has 0 N–H and O–H groups in total. The van der Waals surface area contributed by atoms with Gasteiger partial charge in [-0.25, -0.2) is 0 Å². The molecule has 0 unspecified atom stereocenters. The van der Waals surface area contributed by atoms with Crippen LogP contribution in [-0.4, -0.2) is 28.3 Å². The summed E-state index contributed by atoms with van der Waals surface area (Å²) in [5.41, 5.74) is 2.19. The fourth-order valence-electron chi connectivity index (χ4n) is 2.89. The quantitative estimate of drug-likeness (QED) is 0.676. The highest BCUT2D eigenvalue weighted by Gasteiger charge is 2.53. The summed E-state index contributed by atoms with van der Waals surface area (Å²) in [6.45, 7) is 8.09. The number of nitrogens with zero attached hydrogens (tertiary/aromatic N) is 2. The highest BCUT2D eigenvalue weighted by atomic mass is 16.7. The molecule has 1 aliphatic rings. The van der Waals surface area contributed by atoms with E-state index < -0.39 is 18.3 Å². The summed E-state index contributed by atoms with van der Waals surface area (Å²) in [4.78, 5) is 8.89. The normalized spacial score (nSPS) is 18.2. The van der Waals surface area contributed by atoms with Crippen molar-refractivity contribution in [1.82, 2.24) is 9.97 Å². The van der Waals surface area contributed by atoms with Gasteiger partial charge in [0.05, 0.1) is 16.9 Å². The Morgan fingerprint density at radius 2 is 1.38 bits per heavy atom. The maximum absolute atomic E-state index is 6.17. The van der Waals surface area contributed by atoms with Crippen LogP contribution in [0.2, 0.25) is 0 Å². The zero-order chi connectivity index (χ0) is 18.4. The summed E-state index contributed by atoms with van der Waals surface area (Å²) in [7, 11) is -0.570. The fourth-order valence-corrected chi connectivity index (χ4v) is 2.89. The average Bonchev–Trinajstić information content (AvgIpc) is 3.16. The molecule has 0 bridgehead atoms. The van der Waals surface area contributed by atoms with Crippen LogP contribution in [0.1, 0.15) is 27.7 Å². The van der Waals surface area contributed by atoms with Gasteiger partial charge in [-0.05, 0) is 58.0 Å². The number of rotatable bonds is 3. The van der Waals surface area contributed by atoms with Crippen LogP contribution in [0, 0.1) is 0 Å². The molecule has 0 saturated carbocycles. The zero-order valence-electron chi connectivity index (χ0n) is 15.4. The summed E-state index contributed by atoms with van der Waals surface area (Å²) in [6, 6.07) is 13.5. The summed E-state index contributed by atoms with van der Waals surface area (Å²) >= 11 is 0. The second-order valence-corrected chi connectivity index (χ2v) is 7.41. The standard InChI is InChI=1S/C20H21BN2O3/c1-19(2)20(3,4)26-21(25-19)17-13-14(15-9-5-7-11-22-15)18(24-17)16-10-6-8-12-23-16/h5-13H,1-4H3. The van der Waals surface area contributed by atoms with Gasteiger partial charge in [0.1, 0.15) is 11.4 Å². The van der Waals surface area contributed by atoms with Gasteiger partial charge in [0, 0.05) is 18.0 Å². The molecule has 4 rings (SSSR count). The molecule has 0 spiro atoms. The van der Waals surface area contributed by atoms with Crippen molar-refractivity contribution in [3.63, 3.8) is 0 Å². The number of pyridine rings is 2. The van der Waals surface area contributed by atoms with Crippen LogP contribution in [0.25, 0.3) is 22.7 Å². The van der Waals surface area contributed by atoms with Crippen molar-refractivity contribution >= 4 is 12.8 Å². The molecule has 1 saturated heterocycles. The molecule has 0 aliphatic carbocycles. The largest absolute Gasteiger partial charge is 0.532 e. The van der Waals surface area contributed by atoms with Crippen molar-refractivity contribution in [2.24, 2.45) is 0 Å². The molecule has 5 nitrogen and oxygen atoms in total. The molecule has 0 aromatic carbocycles. The first-order valence-electron chi connectivity index (χ1n) is 8.69. The van der Waals surface area contributed by atoms with E-state index in [4.69, 9.17) is 13.7 Å². The molecule has 132 valence electrons. The van der Waals surface area contributed by atoms with E-state index in [-0.39, 0.29) is 0 Å². The molecule has 1 aliphatic heterocycles. The molecule has 3 aromatic heterocycles. The van der Waals surface area contributed by atoms with E-state index in [2.05, 4.69) is 9.97 Å². The summed E-state index contributed by atoms with van der Waals surface area (Å²) < 4.78 is 18.4. The second-order valence-electron chi connectivity index (χ2n) is 7.41. The lowest BCUT2D eigenvalue weighted by Crippen LogP contribution is -2.41. The van der Waals surface area contributed by atoms with Gasteiger partial charge in [-0.2, -0.15) is 0 Å². The van der Waals surface area contributed by atoms with Gasteiger partial charge in [0.25, 0.3) is 0 Å². The minimum atomic E-state index is -0.570. The van der Waals surface area contributed by atoms with E-state index in [1.165, 1.54) is 0 Å². The first-order chi connectivity index (χ1) is 12.4. The number of furan rings is 1. The fraction of sp³-hybridized carbons (Fsp3) is 0.300. The van der Waals surface area contributed by atoms with Crippen LogP contribution in [0.15, 0.2) is 59.3 Å². The minimum Gasteiger partial charge on any atom is -0.462 e. The Morgan fingerprint density at radius 3 is 1.92 bits per heavy atom. The van der Waals surface area contributed by atoms with Crippen LogP contribution < -0.4 is 5.66 Å². The molecule has 3 aromatic rings. The average molecular weight is 348 g/mol. The van der Waals surface area contributed by atoms with Crippen LogP contribution in [-0.2, 0) is 9.31 Å². The minimum absolute atomic E-state index is 0.430. The van der Waals surface area contributed by atoms with E-state index in [1.807, 2.05) is 70.2 Å². The third-order valence-corrected chi connectivity index (χ3v) is 5.08. The highest BCUT2D eigenvalue weighted by Crippen LogP contribution is 2.38. The van der Waals surface area contributed by atoms with E-state index in [9.17, 15) is 0 Å². The second kappa shape index (κ2) is 6.07. The van der Waals surface area contributed by atoms with Gasteiger partial charge in [0.2, 0.25) is 0 Å². The van der Waals surface area contributed by atoms with Gasteiger partial charge in [-0.3, -0.25) is 9.97 Å². The van der Waals surface area contributed by atoms with E-state index in [0.29, 0.717) is 11.4 Å². The Balaban J connectivity index is 1.80. The maximum Gasteiger partial charge on any atom is 0.532 e. The van der Waals surface area contributed by atoms with Gasteiger partial charge in [0.15, 0.2) is 5.76 Å². The number of hydrogen-bond donors (Lipinski definition) is 0. The predicted octanol–water partition coefficient (Wildman–Crippen LogP) is 3.70. The summed E-state index contributed by atoms with van der Waals surface area (Å²) in [6.07, 6.45) is 3.51. The van der Waals surface area contributed by atoms with Crippen LogP contribution in [0.3, 0.4) is 0 Å². The smallest absolute Gasteiger partial charge is 0.462 e. The number of aromatic nitrogens is 2. The molecular formula is C20H21BN2O3. The molecule has 6 heteroatoms. The van der Waals surface area contributed by atoms with Gasteiger partial charge in [-0.1, -0.05) is 12.1 Å². The van der Waals surface area contributed by atoms with Crippen molar-refractivity contribution in [3.05, 3.63) is 54.9 Å². The lowest BCUT2D eigenvalue weighted by atomic mass is 9.86. The molecule has 26 heavy (non-hydrogen) atoms. The van der Waals surface area contributed by atoms with E-state index >= 15 is 0 Å². The molecule has 1 fully saturated rings. The zero-order valence-corrected chi connectivity index (χ0v) is 15.4. The Labute approximate surface area is 153 Å². The Bertz CT molecular complexity index is 834. The Kier molecular flexibility index (Phi) is 3.97. The third kappa shape index (κ3) is 2.85. The van der Waals surface area contributed by atoms with Gasteiger partial charge in [-0.15, -0.1) is 0 Å². The van der Waals surface area contributed by atoms with Crippen molar-refractivity contribution in [3.8, 4) is 22.7 Å². The molecule has 4 heterocycles. The predicted molar refractivity (Wildman–Crippen MR) is 101 cm³/mol. The van der Waals surface area contributed by atoms with Crippen molar-refractivity contribution in [1.29, 1.82) is 0 Å². The highest BCUT2D eigenvalue weighted by molar-refractivity contribution is 6.60. The number of hydrogen-bond acceptors (Lipinski definition) is 5. The lowest BCUT2D eigenvalue weighted by molar-refractivity contribution is 0.00578. The topological polar surface area (TPSA) is 57.4 Å². The summed E-state index contributed by atoms with van der Waals surface area (Å²) in [5, 5.41) is 0. The van der Waals surface area contributed by atoms with E-state index in [1.54, 1.807) is 12.4 Å². The maximum atomic E-state index is 6.17. The van der Waals surface area contributed by atoms with Crippen LogP contribution >= 0.6 is 0 Å². The van der Waals surface area contributed by atoms with Crippen LogP contribution in [0.5, 0.6) is 0 Å². The molecular weight excluding hydrogens is 327 g/mol. The molecule has 0 radical (unpaired) electrons. The van der Waals surface area contributed by atoms with Gasteiger partial charge >= 0.3 is 7.12 Å². The van der Waals surface area contributed by atoms with Crippen molar-refractivity contribution < 1.29 is 13.7 Å². The molecule has 0 atom stereocenters.